The van der Waals surface area contributed by atoms with Crippen LogP contribution in [0.25, 0.3) is 0 Å². The summed E-state index contributed by atoms with van der Waals surface area (Å²) < 4.78 is 5.34. The van der Waals surface area contributed by atoms with Crippen LogP contribution >= 0.6 is 0 Å². The summed E-state index contributed by atoms with van der Waals surface area (Å²) in [5.74, 6) is 1.68. The Balaban J connectivity index is 1.95. The number of methoxy groups -OCH3 is 1. The van der Waals surface area contributed by atoms with Gasteiger partial charge >= 0.3 is 0 Å². The highest BCUT2D eigenvalue weighted by Gasteiger charge is 2.15. The highest BCUT2D eigenvalue weighted by atomic mass is 16.5. The van der Waals surface area contributed by atoms with Crippen LogP contribution < -0.4 is 15.4 Å². The van der Waals surface area contributed by atoms with E-state index >= 15 is 0 Å². The third-order valence-corrected chi connectivity index (χ3v) is 3.24. The van der Waals surface area contributed by atoms with Gasteiger partial charge in [0.1, 0.15) is 17.9 Å². The molecule has 2 heterocycles. The van der Waals surface area contributed by atoms with Crippen molar-refractivity contribution in [1.82, 2.24) is 15.3 Å². The van der Waals surface area contributed by atoms with Crippen LogP contribution in [0.4, 0.5) is 11.5 Å². The lowest BCUT2D eigenvalue weighted by Crippen LogP contribution is -2.25. The molecule has 0 radical (unpaired) electrons. The Bertz CT molecular complexity index is 585. The molecule has 1 aliphatic heterocycles. The Morgan fingerprint density at radius 3 is 3.05 bits per heavy atom. The lowest BCUT2D eigenvalue weighted by Gasteiger charge is -2.19. The van der Waals surface area contributed by atoms with E-state index in [-0.39, 0.29) is 0 Å². The van der Waals surface area contributed by atoms with Gasteiger partial charge in [0.25, 0.3) is 0 Å². The fourth-order valence-electron chi connectivity index (χ4n) is 2.27. The second kappa shape index (κ2) is 5.24. The van der Waals surface area contributed by atoms with Crippen molar-refractivity contribution in [2.45, 2.75) is 13.0 Å². The Labute approximate surface area is 112 Å². The number of nitrogens with zero attached hydrogens (tertiary/aromatic N) is 2. The number of rotatable bonds is 3. The summed E-state index contributed by atoms with van der Waals surface area (Å²) in [4.78, 5) is 8.68. The second-order valence-electron chi connectivity index (χ2n) is 4.40. The quantitative estimate of drug-likeness (QED) is 0.878. The summed E-state index contributed by atoms with van der Waals surface area (Å²) in [5.41, 5.74) is 3.18. The van der Waals surface area contributed by atoms with Crippen molar-refractivity contribution in [3.63, 3.8) is 0 Å². The fourth-order valence-corrected chi connectivity index (χ4v) is 2.27. The average Bonchev–Trinajstić information content (AvgIpc) is 2.48. The molecular weight excluding hydrogens is 240 g/mol. The largest absolute Gasteiger partial charge is 0.495 e. The monoisotopic (exact) mass is 256 g/mol. The van der Waals surface area contributed by atoms with Crippen LogP contribution in [-0.2, 0) is 13.0 Å². The highest BCUT2D eigenvalue weighted by Crippen LogP contribution is 2.28. The van der Waals surface area contributed by atoms with E-state index < -0.39 is 0 Å². The van der Waals surface area contributed by atoms with E-state index in [1.54, 1.807) is 13.4 Å². The smallest absolute Gasteiger partial charge is 0.142 e. The van der Waals surface area contributed by atoms with Gasteiger partial charge in [-0.05, 0) is 25.1 Å². The van der Waals surface area contributed by atoms with Gasteiger partial charge in [-0.2, -0.15) is 0 Å². The predicted octanol–water partition coefficient (Wildman–Crippen LogP) is 1.87. The van der Waals surface area contributed by atoms with Gasteiger partial charge < -0.3 is 15.4 Å². The van der Waals surface area contributed by atoms with Crippen molar-refractivity contribution in [2.75, 3.05) is 19.0 Å². The molecule has 1 aromatic heterocycles. The molecule has 0 aliphatic carbocycles. The number of anilines is 2. The van der Waals surface area contributed by atoms with Gasteiger partial charge in [-0.3, -0.25) is 0 Å². The minimum atomic E-state index is 0.804. The third-order valence-electron chi connectivity index (χ3n) is 3.24. The minimum Gasteiger partial charge on any atom is -0.495 e. The molecule has 0 saturated carbocycles. The number of para-hydroxylation sites is 2. The van der Waals surface area contributed by atoms with E-state index in [1.165, 1.54) is 5.56 Å². The molecular formula is C14H16N4O. The topological polar surface area (TPSA) is 59.1 Å². The first-order valence-corrected chi connectivity index (χ1v) is 6.32. The van der Waals surface area contributed by atoms with Crippen molar-refractivity contribution < 1.29 is 4.74 Å². The Morgan fingerprint density at radius 1 is 1.26 bits per heavy atom. The van der Waals surface area contributed by atoms with Crippen LogP contribution in [0.2, 0.25) is 0 Å². The molecule has 5 heteroatoms. The molecule has 0 bridgehead atoms. The van der Waals surface area contributed by atoms with E-state index in [2.05, 4.69) is 20.6 Å². The standard InChI is InChI=1S/C14H16N4O/c1-19-13-5-3-2-4-11(13)18-14-10-6-7-15-8-12(10)16-9-17-14/h2-5,9,15H,6-8H2,1H3,(H,16,17,18). The molecule has 0 amide bonds. The summed E-state index contributed by atoms with van der Waals surface area (Å²) in [6.45, 7) is 1.76. The van der Waals surface area contributed by atoms with Gasteiger partial charge in [0.05, 0.1) is 18.5 Å². The molecule has 1 aromatic carbocycles. The maximum Gasteiger partial charge on any atom is 0.142 e. The van der Waals surface area contributed by atoms with Gasteiger partial charge in [0.2, 0.25) is 0 Å². The number of aromatic nitrogens is 2. The molecule has 2 N–H and O–H groups in total. The summed E-state index contributed by atoms with van der Waals surface area (Å²) in [7, 11) is 1.67. The Morgan fingerprint density at radius 2 is 2.16 bits per heavy atom. The first-order valence-electron chi connectivity index (χ1n) is 6.32. The normalized spacial score (nSPS) is 13.7. The molecule has 0 saturated heterocycles. The minimum absolute atomic E-state index is 0.804. The van der Waals surface area contributed by atoms with E-state index in [0.717, 1.165) is 42.5 Å². The SMILES string of the molecule is COc1ccccc1Nc1ncnc2c1CCNC2. The van der Waals surface area contributed by atoms with E-state index in [1.807, 2.05) is 24.3 Å². The number of hydrogen-bond donors (Lipinski definition) is 2. The highest BCUT2D eigenvalue weighted by molar-refractivity contribution is 5.66. The lowest BCUT2D eigenvalue weighted by molar-refractivity contribution is 0.417. The van der Waals surface area contributed by atoms with E-state index in [0.29, 0.717) is 0 Å². The van der Waals surface area contributed by atoms with Crippen molar-refractivity contribution >= 4 is 11.5 Å². The van der Waals surface area contributed by atoms with E-state index in [9.17, 15) is 0 Å². The van der Waals surface area contributed by atoms with Crippen molar-refractivity contribution in [2.24, 2.45) is 0 Å². The number of hydrogen-bond acceptors (Lipinski definition) is 5. The molecule has 98 valence electrons. The molecule has 0 spiro atoms. The van der Waals surface area contributed by atoms with Gasteiger partial charge in [0.15, 0.2) is 0 Å². The fraction of sp³-hybridized carbons (Fsp3) is 0.286. The van der Waals surface area contributed by atoms with Gasteiger partial charge in [-0.15, -0.1) is 0 Å². The first-order chi connectivity index (χ1) is 9.38. The maximum atomic E-state index is 5.34. The second-order valence-corrected chi connectivity index (χ2v) is 4.40. The zero-order valence-corrected chi connectivity index (χ0v) is 10.8. The third kappa shape index (κ3) is 2.37. The zero-order valence-electron chi connectivity index (χ0n) is 10.8. The molecule has 1 aliphatic rings. The maximum absolute atomic E-state index is 5.34. The molecule has 5 nitrogen and oxygen atoms in total. The van der Waals surface area contributed by atoms with Crippen LogP contribution in [-0.4, -0.2) is 23.6 Å². The van der Waals surface area contributed by atoms with Gasteiger partial charge in [-0.25, -0.2) is 9.97 Å². The summed E-state index contributed by atoms with van der Waals surface area (Å²) in [5, 5.41) is 6.66. The molecule has 0 atom stereocenters. The van der Waals surface area contributed by atoms with Crippen LogP contribution in [0.15, 0.2) is 30.6 Å². The van der Waals surface area contributed by atoms with Crippen LogP contribution in [0, 0.1) is 0 Å². The number of fused-ring (bicyclic) bond motifs is 1. The molecule has 3 rings (SSSR count). The van der Waals surface area contributed by atoms with Crippen molar-refractivity contribution in [3.8, 4) is 5.75 Å². The Kier molecular flexibility index (Phi) is 3.29. The van der Waals surface area contributed by atoms with Crippen LogP contribution in [0.5, 0.6) is 5.75 Å². The number of ether oxygens (including phenoxy) is 1. The van der Waals surface area contributed by atoms with Crippen molar-refractivity contribution in [1.29, 1.82) is 0 Å². The zero-order chi connectivity index (χ0) is 13.1. The summed E-state index contributed by atoms with van der Waals surface area (Å²) >= 11 is 0. The van der Waals surface area contributed by atoms with Gasteiger partial charge in [0, 0.05) is 12.1 Å². The number of benzene rings is 1. The summed E-state index contributed by atoms with van der Waals surface area (Å²) in [6, 6.07) is 7.83. The molecule has 0 fully saturated rings. The predicted molar refractivity (Wildman–Crippen MR) is 73.7 cm³/mol. The van der Waals surface area contributed by atoms with Crippen molar-refractivity contribution in [3.05, 3.63) is 41.9 Å². The van der Waals surface area contributed by atoms with Crippen LogP contribution in [0.3, 0.4) is 0 Å². The molecule has 2 aromatic rings. The van der Waals surface area contributed by atoms with Crippen LogP contribution in [0.1, 0.15) is 11.3 Å². The first kappa shape index (κ1) is 11.9. The lowest BCUT2D eigenvalue weighted by atomic mass is 10.1. The molecule has 0 unspecified atom stereocenters. The Hall–Kier alpha value is -2.14. The summed E-state index contributed by atoms with van der Waals surface area (Å²) in [6.07, 6.45) is 2.54. The number of nitrogens with one attached hydrogen (secondary N) is 2. The van der Waals surface area contributed by atoms with Gasteiger partial charge in [-0.1, -0.05) is 12.1 Å². The average molecular weight is 256 g/mol. The van der Waals surface area contributed by atoms with E-state index in [4.69, 9.17) is 4.74 Å². The molecule has 19 heavy (non-hydrogen) atoms.